The number of hydrogen-bond donors (Lipinski definition) is 2. The summed E-state index contributed by atoms with van der Waals surface area (Å²) >= 11 is 5.81. The third-order valence-corrected chi connectivity index (χ3v) is 5.40. The van der Waals surface area contributed by atoms with Crippen molar-refractivity contribution in [1.29, 1.82) is 0 Å². The molecule has 1 heterocycles. The number of amides is 2. The molecule has 3 N–H and O–H groups in total. The van der Waals surface area contributed by atoms with Crippen molar-refractivity contribution in [3.63, 3.8) is 0 Å². The largest absolute Gasteiger partial charge is 0.368 e. The molecule has 7 heteroatoms. The lowest BCUT2D eigenvalue weighted by Crippen LogP contribution is -2.31. The molecule has 0 bridgehead atoms. The quantitative estimate of drug-likeness (QED) is 0.607. The van der Waals surface area contributed by atoms with Crippen molar-refractivity contribution < 1.29 is 9.59 Å². The molecule has 2 atom stereocenters. The van der Waals surface area contributed by atoms with E-state index < -0.39 is 11.9 Å². The smallest absolute Gasteiger partial charge is 0.259 e. The molecule has 3 rings (SSSR count). The first-order valence-corrected chi connectivity index (χ1v) is 9.75. The molecular weight excluding hydrogens is 390 g/mol. The number of pyridine rings is 1. The average Bonchev–Trinajstić information content (AvgIpc) is 2.73. The molecule has 1 aromatic heterocycles. The molecule has 0 aliphatic heterocycles. The van der Waals surface area contributed by atoms with Crippen LogP contribution < -0.4 is 16.6 Å². The Bertz CT molecular complexity index is 1120. The molecule has 0 aliphatic rings. The Labute approximate surface area is 173 Å². The lowest BCUT2D eigenvalue weighted by Gasteiger charge is -2.16. The zero-order chi connectivity index (χ0) is 21.1. The van der Waals surface area contributed by atoms with Crippen molar-refractivity contribution in [3.05, 3.63) is 76.2 Å². The fraction of sp³-hybridized carbons (Fsp3) is 0.227. The second-order valence-corrected chi connectivity index (χ2v) is 7.23. The maximum atomic E-state index is 12.8. The van der Waals surface area contributed by atoms with Crippen LogP contribution in [0, 0.1) is 0 Å². The number of nitrogens with two attached hydrogens (primary N) is 1. The second-order valence-electron chi connectivity index (χ2n) is 6.96. The summed E-state index contributed by atoms with van der Waals surface area (Å²) in [4.78, 5) is 37.0. The maximum Gasteiger partial charge on any atom is 0.259 e. The van der Waals surface area contributed by atoms with Gasteiger partial charge in [-0.15, -0.1) is 11.6 Å². The number of nitrogens with zero attached hydrogens (tertiary/aromatic N) is 1. The van der Waals surface area contributed by atoms with Gasteiger partial charge in [0.2, 0.25) is 11.8 Å². The van der Waals surface area contributed by atoms with Gasteiger partial charge in [-0.3, -0.25) is 14.4 Å². The Morgan fingerprint density at radius 3 is 2.38 bits per heavy atom. The molecular formula is C22H22ClN3O3. The topological polar surface area (TPSA) is 94.2 Å². The zero-order valence-corrected chi connectivity index (χ0v) is 16.9. The minimum Gasteiger partial charge on any atom is -0.368 e. The lowest BCUT2D eigenvalue weighted by molar-refractivity contribution is -0.120. The van der Waals surface area contributed by atoms with Crippen LogP contribution in [-0.4, -0.2) is 16.4 Å². The van der Waals surface area contributed by atoms with Crippen LogP contribution in [0.15, 0.2) is 59.5 Å². The standard InChI is InChI=1S/C22H22ClN3O3/c1-13(16-8-6-15(12-23)7-9-16)21(28)25-19-5-3-4-18-17(19)10-11-26(22(18)29)14(2)20(24)27/h3-11,13-14H,12H2,1-2H3,(H2,24,27)(H,25,28)/t13?,14-/m0/s1. The highest BCUT2D eigenvalue weighted by atomic mass is 35.5. The molecule has 1 unspecified atom stereocenters. The number of fused-ring (bicyclic) bond motifs is 1. The Morgan fingerprint density at radius 2 is 1.76 bits per heavy atom. The van der Waals surface area contributed by atoms with E-state index in [9.17, 15) is 14.4 Å². The number of aromatic nitrogens is 1. The van der Waals surface area contributed by atoms with Crippen LogP contribution in [0.4, 0.5) is 5.69 Å². The number of benzene rings is 2. The number of nitrogens with one attached hydrogen (secondary N) is 1. The summed E-state index contributed by atoms with van der Waals surface area (Å²) in [6, 6.07) is 13.6. The molecule has 0 saturated carbocycles. The van der Waals surface area contributed by atoms with E-state index in [1.165, 1.54) is 10.8 Å². The summed E-state index contributed by atoms with van der Waals surface area (Å²) in [5, 5.41) is 3.91. The third-order valence-electron chi connectivity index (χ3n) is 5.09. The van der Waals surface area contributed by atoms with Crippen LogP contribution in [0.2, 0.25) is 0 Å². The molecule has 0 saturated heterocycles. The van der Waals surface area contributed by atoms with Crippen LogP contribution in [0.3, 0.4) is 0 Å². The maximum absolute atomic E-state index is 12.8. The van der Waals surface area contributed by atoms with E-state index in [0.29, 0.717) is 22.3 Å². The van der Waals surface area contributed by atoms with Crippen LogP contribution in [-0.2, 0) is 15.5 Å². The molecule has 0 spiro atoms. The third kappa shape index (κ3) is 4.17. The van der Waals surface area contributed by atoms with E-state index in [1.54, 1.807) is 31.2 Å². The summed E-state index contributed by atoms with van der Waals surface area (Å²) in [6.45, 7) is 3.38. The summed E-state index contributed by atoms with van der Waals surface area (Å²) in [5.74, 6) is -0.747. The van der Waals surface area contributed by atoms with Crippen molar-refractivity contribution >= 4 is 39.9 Å². The van der Waals surface area contributed by atoms with Crippen molar-refractivity contribution in [3.8, 4) is 0 Å². The fourth-order valence-electron chi connectivity index (χ4n) is 3.13. The highest BCUT2D eigenvalue weighted by Crippen LogP contribution is 2.24. The summed E-state index contributed by atoms with van der Waals surface area (Å²) in [6.07, 6.45) is 1.52. The molecule has 2 aromatic carbocycles. The predicted molar refractivity (Wildman–Crippen MR) is 115 cm³/mol. The van der Waals surface area contributed by atoms with Gasteiger partial charge in [-0.05, 0) is 43.2 Å². The summed E-state index contributed by atoms with van der Waals surface area (Å²) in [7, 11) is 0. The van der Waals surface area contributed by atoms with Crippen molar-refractivity contribution in [2.75, 3.05) is 5.32 Å². The van der Waals surface area contributed by atoms with Crippen LogP contribution in [0.5, 0.6) is 0 Å². The minimum absolute atomic E-state index is 0.189. The van der Waals surface area contributed by atoms with E-state index in [-0.39, 0.29) is 17.4 Å². The Balaban J connectivity index is 1.91. The average molecular weight is 412 g/mol. The first kappa shape index (κ1) is 20.6. The fourth-order valence-corrected chi connectivity index (χ4v) is 3.31. The highest BCUT2D eigenvalue weighted by molar-refractivity contribution is 6.17. The minimum atomic E-state index is -0.763. The van der Waals surface area contributed by atoms with Gasteiger partial charge in [-0.2, -0.15) is 0 Å². The molecule has 0 radical (unpaired) electrons. The number of primary amides is 1. The van der Waals surface area contributed by atoms with E-state index >= 15 is 0 Å². The van der Waals surface area contributed by atoms with Crippen molar-refractivity contribution in [1.82, 2.24) is 4.57 Å². The predicted octanol–water partition coefficient (Wildman–Crippen LogP) is 3.53. The molecule has 0 fully saturated rings. The van der Waals surface area contributed by atoms with Gasteiger partial charge < -0.3 is 15.6 Å². The molecule has 2 amide bonds. The van der Waals surface area contributed by atoms with Gasteiger partial charge in [-0.1, -0.05) is 30.3 Å². The SMILES string of the molecule is CC(C(=O)Nc1cccc2c(=O)n([C@@H](C)C(N)=O)ccc12)c1ccc(CCl)cc1. The van der Waals surface area contributed by atoms with Crippen LogP contribution >= 0.6 is 11.6 Å². The highest BCUT2D eigenvalue weighted by Gasteiger charge is 2.18. The molecule has 150 valence electrons. The second kappa shape index (κ2) is 8.49. The molecule has 29 heavy (non-hydrogen) atoms. The van der Waals surface area contributed by atoms with E-state index in [2.05, 4.69) is 5.32 Å². The molecule has 0 aliphatic carbocycles. The molecule has 3 aromatic rings. The zero-order valence-electron chi connectivity index (χ0n) is 16.2. The lowest BCUT2D eigenvalue weighted by atomic mass is 9.99. The number of rotatable bonds is 6. The van der Waals surface area contributed by atoms with Crippen LogP contribution in [0.25, 0.3) is 10.8 Å². The van der Waals surface area contributed by atoms with Crippen molar-refractivity contribution in [2.45, 2.75) is 31.7 Å². The van der Waals surface area contributed by atoms with Gasteiger partial charge in [0, 0.05) is 28.5 Å². The first-order chi connectivity index (χ1) is 13.8. The number of alkyl halides is 1. The Morgan fingerprint density at radius 1 is 1.07 bits per heavy atom. The van der Waals surface area contributed by atoms with Gasteiger partial charge in [0.25, 0.3) is 5.56 Å². The van der Waals surface area contributed by atoms with Gasteiger partial charge in [0.15, 0.2) is 0 Å². The van der Waals surface area contributed by atoms with Crippen molar-refractivity contribution in [2.24, 2.45) is 5.73 Å². The van der Waals surface area contributed by atoms with E-state index in [1.807, 2.05) is 31.2 Å². The summed E-state index contributed by atoms with van der Waals surface area (Å²) < 4.78 is 1.29. The summed E-state index contributed by atoms with van der Waals surface area (Å²) in [5.41, 5.74) is 7.37. The molecule has 6 nitrogen and oxygen atoms in total. The number of carbonyl (C=O) groups excluding carboxylic acids is 2. The van der Waals surface area contributed by atoms with Gasteiger partial charge in [-0.25, -0.2) is 0 Å². The monoisotopic (exact) mass is 411 g/mol. The van der Waals surface area contributed by atoms with E-state index in [0.717, 1.165) is 11.1 Å². The van der Waals surface area contributed by atoms with Crippen LogP contribution in [0.1, 0.15) is 36.9 Å². The van der Waals surface area contributed by atoms with E-state index in [4.69, 9.17) is 17.3 Å². The number of carbonyl (C=O) groups is 2. The van der Waals surface area contributed by atoms with Gasteiger partial charge in [0.1, 0.15) is 6.04 Å². The number of anilines is 1. The van der Waals surface area contributed by atoms with Gasteiger partial charge >= 0.3 is 0 Å². The number of hydrogen-bond acceptors (Lipinski definition) is 3. The Hall–Kier alpha value is -3.12. The normalized spacial score (nSPS) is 13.1. The first-order valence-electron chi connectivity index (χ1n) is 9.22. The number of halogens is 1. The van der Waals surface area contributed by atoms with Gasteiger partial charge in [0.05, 0.1) is 5.92 Å². The Kier molecular flexibility index (Phi) is 6.03.